The lowest BCUT2D eigenvalue weighted by atomic mass is 9.98. The molecule has 0 saturated heterocycles. The Hall–Kier alpha value is -3.15. The van der Waals surface area contributed by atoms with Gasteiger partial charge in [0.05, 0.1) is 17.0 Å². The largest absolute Gasteiger partial charge is 0.481 e. The number of aromatic carboxylic acids is 1. The number of hydrogen-bond acceptors (Lipinski definition) is 3. The summed E-state index contributed by atoms with van der Waals surface area (Å²) in [6, 6.07) is 12.8. The van der Waals surface area contributed by atoms with Crippen molar-refractivity contribution < 1.29 is 24.6 Å². The summed E-state index contributed by atoms with van der Waals surface area (Å²) in [6.07, 6.45) is 0. The van der Waals surface area contributed by atoms with Crippen molar-refractivity contribution in [2.45, 2.75) is 12.8 Å². The van der Waals surface area contributed by atoms with Crippen LogP contribution < -0.4 is 5.32 Å². The minimum absolute atomic E-state index is 0.00181. The number of aryl methyl sites for hydroxylation is 1. The fourth-order valence-electron chi connectivity index (χ4n) is 2.30. The van der Waals surface area contributed by atoms with Crippen LogP contribution in [0.1, 0.15) is 37.8 Å². The lowest BCUT2D eigenvalue weighted by molar-refractivity contribution is -0.138. The molecule has 1 unspecified atom stereocenters. The Morgan fingerprint density at radius 1 is 0.958 bits per heavy atom. The van der Waals surface area contributed by atoms with Crippen LogP contribution in [-0.4, -0.2) is 34.6 Å². The molecule has 2 aromatic rings. The molecule has 0 heterocycles. The average molecular weight is 327 g/mol. The Balaban J connectivity index is 2.15. The Bertz CT molecular complexity index is 767. The molecule has 6 nitrogen and oxygen atoms in total. The average Bonchev–Trinajstić information content (AvgIpc) is 2.56. The van der Waals surface area contributed by atoms with Crippen molar-refractivity contribution in [2.24, 2.45) is 0 Å². The summed E-state index contributed by atoms with van der Waals surface area (Å²) in [5.41, 5.74) is 1.44. The number of hydrogen-bond donors (Lipinski definition) is 3. The first kappa shape index (κ1) is 17.2. The summed E-state index contributed by atoms with van der Waals surface area (Å²) < 4.78 is 0. The van der Waals surface area contributed by atoms with E-state index in [2.05, 4.69) is 5.32 Å². The van der Waals surface area contributed by atoms with Crippen molar-refractivity contribution in [2.75, 3.05) is 6.54 Å². The maximum Gasteiger partial charge on any atom is 0.336 e. The fourth-order valence-corrected chi connectivity index (χ4v) is 2.30. The number of amides is 1. The molecule has 24 heavy (non-hydrogen) atoms. The van der Waals surface area contributed by atoms with E-state index in [9.17, 15) is 19.5 Å². The molecule has 1 amide bonds. The normalized spacial score (nSPS) is 11.5. The molecule has 0 fully saturated rings. The molecule has 1 atom stereocenters. The van der Waals surface area contributed by atoms with Gasteiger partial charge in [-0.05, 0) is 24.6 Å². The van der Waals surface area contributed by atoms with Crippen LogP contribution in [0.5, 0.6) is 0 Å². The molecule has 2 rings (SSSR count). The zero-order valence-electron chi connectivity index (χ0n) is 13.0. The van der Waals surface area contributed by atoms with Gasteiger partial charge in [-0.2, -0.15) is 0 Å². The molecule has 0 aliphatic carbocycles. The van der Waals surface area contributed by atoms with Crippen LogP contribution in [0.4, 0.5) is 0 Å². The zero-order chi connectivity index (χ0) is 17.7. The SMILES string of the molecule is Cc1ccc(C(CNC(=O)c2ccccc2C(=O)O)C(=O)O)cc1. The molecular weight excluding hydrogens is 310 g/mol. The highest BCUT2D eigenvalue weighted by atomic mass is 16.4. The predicted molar refractivity (Wildman–Crippen MR) is 87.3 cm³/mol. The van der Waals surface area contributed by atoms with Crippen LogP contribution in [-0.2, 0) is 4.79 Å². The maximum absolute atomic E-state index is 12.2. The van der Waals surface area contributed by atoms with E-state index in [1.807, 2.05) is 6.92 Å². The number of carboxylic acids is 2. The minimum Gasteiger partial charge on any atom is -0.481 e. The first-order valence-corrected chi connectivity index (χ1v) is 7.30. The topological polar surface area (TPSA) is 104 Å². The van der Waals surface area contributed by atoms with Crippen molar-refractivity contribution >= 4 is 17.8 Å². The number of carbonyl (C=O) groups is 3. The van der Waals surface area contributed by atoms with Gasteiger partial charge in [0.2, 0.25) is 0 Å². The zero-order valence-corrected chi connectivity index (χ0v) is 13.0. The second-order valence-corrected chi connectivity index (χ2v) is 5.36. The van der Waals surface area contributed by atoms with E-state index in [1.165, 1.54) is 18.2 Å². The van der Waals surface area contributed by atoms with Gasteiger partial charge in [0.15, 0.2) is 0 Å². The number of aliphatic carboxylic acids is 1. The van der Waals surface area contributed by atoms with Gasteiger partial charge in [0.1, 0.15) is 0 Å². The maximum atomic E-state index is 12.2. The van der Waals surface area contributed by atoms with Crippen LogP contribution in [0, 0.1) is 6.92 Å². The van der Waals surface area contributed by atoms with Crippen molar-refractivity contribution in [3.8, 4) is 0 Å². The lowest BCUT2D eigenvalue weighted by Gasteiger charge is -2.15. The lowest BCUT2D eigenvalue weighted by Crippen LogP contribution is -2.32. The molecule has 0 bridgehead atoms. The predicted octanol–water partition coefficient (Wildman–Crippen LogP) is 2.29. The van der Waals surface area contributed by atoms with Gasteiger partial charge in [-0.1, -0.05) is 42.0 Å². The van der Waals surface area contributed by atoms with Gasteiger partial charge in [0, 0.05) is 6.54 Å². The van der Waals surface area contributed by atoms with Crippen molar-refractivity contribution in [3.05, 3.63) is 70.8 Å². The smallest absolute Gasteiger partial charge is 0.336 e. The molecule has 0 aliphatic rings. The molecule has 6 heteroatoms. The molecule has 0 radical (unpaired) electrons. The third-order valence-corrected chi connectivity index (χ3v) is 3.65. The van der Waals surface area contributed by atoms with Crippen molar-refractivity contribution in [1.29, 1.82) is 0 Å². The third-order valence-electron chi connectivity index (χ3n) is 3.65. The molecule has 0 aromatic heterocycles. The van der Waals surface area contributed by atoms with Crippen LogP contribution in [0.2, 0.25) is 0 Å². The van der Waals surface area contributed by atoms with Crippen molar-refractivity contribution in [1.82, 2.24) is 5.32 Å². The van der Waals surface area contributed by atoms with Crippen LogP contribution in [0.25, 0.3) is 0 Å². The molecular formula is C18H17NO5. The van der Waals surface area contributed by atoms with Crippen LogP contribution >= 0.6 is 0 Å². The number of rotatable bonds is 6. The Labute approximate surface area is 138 Å². The van der Waals surface area contributed by atoms with E-state index in [0.717, 1.165) is 5.56 Å². The highest BCUT2D eigenvalue weighted by Gasteiger charge is 2.22. The number of benzene rings is 2. The summed E-state index contributed by atoms with van der Waals surface area (Å²) in [5.74, 6) is -3.81. The first-order valence-electron chi connectivity index (χ1n) is 7.30. The van der Waals surface area contributed by atoms with E-state index in [4.69, 9.17) is 5.11 Å². The standard InChI is InChI=1S/C18H17NO5/c1-11-6-8-12(9-7-11)15(18(23)24)10-19-16(20)13-4-2-3-5-14(13)17(21)22/h2-9,15H,10H2,1H3,(H,19,20)(H,21,22)(H,23,24). The summed E-state index contributed by atoms with van der Waals surface area (Å²) >= 11 is 0. The highest BCUT2D eigenvalue weighted by molar-refractivity contribution is 6.04. The van der Waals surface area contributed by atoms with Gasteiger partial charge in [-0.3, -0.25) is 9.59 Å². The molecule has 2 aromatic carbocycles. The molecule has 124 valence electrons. The highest BCUT2D eigenvalue weighted by Crippen LogP contribution is 2.17. The van der Waals surface area contributed by atoms with Gasteiger partial charge >= 0.3 is 11.9 Å². The van der Waals surface area contributed by atoms with Crippen LogP contribution in [0.3, 0.4) is 0 Å². The summed E-state index contributed by atoms with van der Waals surface area (Å²) in [5, 5.41) is 21.0. The third kappa shape index (κ3) is 3.98. The minimum atomic E-state index is -1.21. The number of carboxylic acid groups (broad SMARTS) is 2. The second-order valence-electron chi connectivity index (χ2n) is 5.36. The Kier molecular flexibility index (Phi) is 5.31. The van der Waals surface area contributed by atoms with Gasteiger partial charge in [-0.25, -0.2) is 4.79 Å². The monoisotopic (exact) mass is 327 g/mol. The van der Waals surface area contributed by atoms with E-state index >= 15 is 0 Å². The molecule has 0 spiro atoms. The van der Waals surface area contributed by atoms with Crippen LogP contribution in [0.15, 0.2) is 48.5 Å². The molecule has 3 N–H and O–H groups in total. The Morgan fingerprint density at radius 2 is 1.54 bits per heavy atom. The molecule has 0 aliphatic heterocycles. The van der Waals surface area contributed by atoms with Crippen molar-refractivity contribution in [3.63, 3.8) is 0 Å². The van der Waals surface area contributed by atoms with Gasteiger partial charge in [0.25, 0.3) is 5.91 Å². The fraction of sp³-hybridized carbons (Fsp3) is 0.167. The van der Waals surface area contributed by atoms with E-state index in [-0.39, 0.29) is 17.7 Å². The first-order chi connectivity index (χ1) is 11.4. The number of carbonyl (C=O) groups excluding carboxylic acids is 1. The quantitative estimate of drug-likeness (QED) is 0.755. The summed E-state index contributed by atoms with van der Waals surface area (Å²) in [4.78, 5) is 34.8. The van der Waals surface area contributed by atoms with E-state index < -0.39 is 23.8 Å². The van der Waals surface area contributed by atoms with E-state index in [0.29, 0.717) is 5.56 Å². The van der Waals surface area contributed by atoms with Gasteiger partial charge < -0.3 is 15.5 Å². The van der Waals surface area contributed by atoms with Gasteiger partial charge in [-0.15, -0.1) is 0 Å². The van der Waals surface area contributed by atoms with E-state index in [1.54, 1.807) is 30.3 Å². The Morgan fingerprint density at radius 3 is 2.08 bits per heavy atom. The summed E-state index contributed by atoms with van der Waals surface area (Å²) in [7, 11) is 0. The summed E-state index contributed by atoms with van der Waals surface area (Å²) in [6.45, 7) is 1.76. The second kappa shape index (κ2) is 7.41. The molecule has 0 saturated carbocycles. The number of nitrogens with one attached hydrogen (secondary N) is 1.